The molecule has 1 aromatic carbocycles. The highest BCUT2D eigenvalue weighted by atomic mass is 16.5. The molecule has 2 aromatic rings. The molecule has 0 aliphatic carbocycles. The normalized spacial score (nSPS) is 21.0. The maximum atomic E-state index is 13.0. The van der Waals surface area contributed by atoms with Gasteiger partial charge in [0.25, 0.3) is 0 Å². The van der Waals surface area contributed by atoms with Crippen LogP contribution in [0, 0.1) is 5.92 Å². The molecular weight excluding hydrogens is 364 g/mol. The Bertz CT molecular complexity index is 783. The monoisotopic (exact) mass is 396 g/mol. The zero-order valence-corrected chi connectivity index (χ0v) is 17.4. The van der Waals surface area contributed by atoms with Crippen LogP contribution >= 0.6 is 0 Å². The van der Waals surface area contributed by atoms with Gasteiger partial charge < -0.3 is 19.1 Å². The summed E-state index contributed by atoms with van der Waals surface area (Å²) in [6, 6.07) is 10.5. The van der Waals surface area contributed by atoms with E-state index < -0.39 is 0 Å². The van der Waals surface area contributed by atoms with E-state index in [1.807, 2.05) is 12.3 Å². The lowest BCUT2D eigenvalue weighted by molar-refractivity contribution is -0.136. The van der Waals surface area contributed by atoms with Gasteiger partial charge >= 0.3 is 0 Å². The summed E-state index contributed by atoms with van der Waals surface area (Å²) in [6.45, 7) is 6.09. The highest BCUT2D eigenvalue weighted by Gasteiger charge is 2.33. The first kappa shape index (κ1) is 20.1. The van der Waals surface area contributed by atoms with E-state index in [-0.39, 0.29) is 5.92 Å². The summed E-state index contributed by atoms with van der Waals surface area (Å²) in [5.74, 6) is 2.09. The number of likely N-dealkylation sites (tertiary alicyclic amines) is 2. The molecule has 2 fully saturated rings. The smallest absolute Gasteiger partial charge is 0.227 e. The molecule has 4 rings (SSSR count). The summed E-state index contributed by atoms with van der Waals surface area (Å²) in [5, 5.41) is 0. The van der Waals surface area contributed by atoms with E-state index in [2.05, 4.69) is 49.8 Å². The van der Waals surface area contributed by atoms with Gasteiger partial charge in [-0.15, -0.1) is 0 Å². The Labute approximate surface area is 173 Å². The van der Waals surface area contributed by atoms with Crippen LogP contribution in [0.25, 0.3) is 0 Å². The van der Waals surface area contributed by atoms with Crippen LogP contribution in [0.2, 0.25) is 0 Å². The molecule has 0 unspecified atom stereocenters. The third-order valence-corrected chi connectivity index (χ3v) is 6.35. The fourth-order valence-electron chi connectivity index (χ4n) is 4.67. The van der Waals surface area contributed by atoms with E-state index in [1.54, 1.807) is 7.11 Å². The van der Waals surface area contributed by atoms with E-state index in [1.165, 1.54) is 5.56 Å². The third-order valence-electron chi connectivity index (χ3n) is 6.35. The number of aromatic nitrogens is 2. The molecule has 156 valence electrons. The number of amides is 1. The Morgan fingerprint density at radius 2 is 1.93 bits per heavy atom. The van der Waals surface area contributed by atoms with Crippen molar-refractivity contribution in [3.05, 3.63) is 54.1 Å². The van der Waals surface area contributed by atoms with Crippen molar-refractivity contribution < 1.29 is 9.53 Å². The molecule has 1 aromatic heterocycles. The molecule has 1 atom stereocenters. The lowest BCUT2D eigenvalue weighted by Crippen LogP contribution is -2.42. The third kappa shape index (κ3) is 4.87. The van der Waals surface area contributed by atoms with Gasteiger partial charge in [0.2, 0.25) is 5.91 Å². The molecular formula is C23H32N4O2. The molecule has 2 aliphatic heterocycles. The van der Waals surface area contributed by atoms with Crippen LogP contribution in [0.4, 0.5) is 0 Å². The van der Waals surface area contributed by atoms with E-state index >= 15 is 0 Å². The van der Waals surface area contributed by atoms with E-state index in [0.717, 1.165) is 71.0 Å². The minimum Gasteiger partial charge on any atom is -0.383 e. The van der Waals surface area contributed by atoms with Gasteiger partial charge in [0.15, 0.2) is 0 Å². The molecule has 6 heteroatoms. The summed E-state index contributed by atoms with van der Waals surface area (Å²) < 4.78 is 7.43. The van der Waals surface area contributed by atoms with Crippen LogP contribution in [-0.2, 0) is 16.1 Å². The summed E-state index contributed by atoms with van der Waals surface area (Å²) in [4.78, 5) is 22.1. The summed E-state index contributed by atoms with van der Waals surface area (Å²) in [5.41, 5.74) is 1.29. The van der Waals surface area contributed by atoms with Gasteiger partial charge in [0.1, 0.15) is 5.82 Å². The first-order chi connectivity index (χ1) is 14.2. The predicted molar refractivity (Wildman–Crippen MR) is 113 cm³/mol. The molecule has 0 radical (unpaired) electrons. The average Bonchev–Trinajstić information content (AvgIpc) is 3.42. The molecule has 29 heavy (non-hydrogen) atoms. The number of nitrogens with zero attached hydrogens (tertiary/aromatic N) is 4. The summed E-state index contributed by atoms with van der Waals surface area (Å²) in [7, 11) is 1.73. The Morgan fingerprint density at radius 1 is 1.14 bits per heavy atom. The predicted octanol–water partition coefficient (Wildman–Crippen LogP) is 2.61. The van der Waals surface area contributed by atoms with Crippen molar-refractivity contribution in [2.75, 3.05) is 46.4 Å². The maximum Gasteiger partial charge on any atom is 0.227 e. The number of carbonyl (C=O) groups excluding carboxylic acids is 1. The summed E-state index contributed by atoms with van der Waals surface area (Å²) in [6.07, 6.45) is 6.95. The Balaban J connectivity index is 1.30. The summed E-state index contributed by atoms with van der Waals surface area (Å²) >= 11 is 0. The van der Waals surface area contributed by atoms with Crippen molar-refractivity contribution in [2.24, 2.45) is 5.92 Å². The molecule has 6 nitrogen and oxygen atoms in total. The number of piperidine rings is 1. The largest absolute Gasteiger partial charge is 0.383 e. The number of hydrogen-bond acceptors (Lipinski definition) is 4. The fourth-order valence-corrected chi connectivity index (χ4v) is 4.67. The molecule has 0 bridgehead atoms. The Hall–Kier alpha value is -2.18. The van der Waals surface area contributed by atoms with E-state index in [0.29, 0.717) is 11.8 Å². The van der Waals surface area contributed by atoms with Gasteiger partial charge in [-0.05, 0) is 31.4 Å². The standard InChI is InChI=1S/C23H32N4O2/c1-29-16-15-25-11-7-21(18-25)23(28)26-12-8-20(9-13-26)22-24-10-14-27(22)17-19-5-3-2-4-6-19/h2-6,10,14,20-21H,7-9,11-13,15-18H2,1H3/t21-/m1/s1. The SMILES string of the molecule is COCCN1CC[C@@H](C(=O)N2CCC(c3nccn3Cc3ccccc3)CC2)C1. The van der Waals surface area contributed by atoms with Crippen LogP contribution in [0.5, 0.6) is 0 Å². The molecule has 2 saturated heterocycles. The highest BCUT2D eigenvalue weighted by molar-refractivity contribution is 5.79. The van der Waals surface area contributed by atoms with Crippen molar-refractivity contribution in [2.45, 2.75) is 31.7 Å². The van der Waals surface area contributed by atoms with Crippen molar-refractivity contribution in [3.63, 3.8) is 0 Å². The van der Waals surface area contributed by atoms with Gasteiger partial charge in [-0.1, -0.05) is 30.3 Å². The Morgan fingerprint density at radius 3 is 2.69 bits per heavy atom. The van der Waals surface area contributed by atoms with E-state index in [4.69, 9.17) is 4.74 Å². The van der Waals surface area contributed by atoms with Gasteiger partial charge in [0, 0.05) is 58.1 Å². The van der Waals surface area contributed by atoms with Crippen LogP contribution in [-0.4, -0.2) is 71.7 Å². The number of imidazole rings is 1. The second-order valence-electron chi connectivity index (χ2n) is 8.28. The van der Waals surface area contributed by atoms with Gasteiger partial charge in [-0.2, -0.15) is 0 Å². The van der Waals surface area contributed by atoms with Gasteiger partial charge in [-0.3, -0.25) is 4.79 Å². The first-order valence-corrected chi connectivity index (χ1v) is 10.8. The highest BCUT2D eigenvalue weighted by Crippen LogP contribution is 2.29. The zero-order chi connectivity index (χ0) is 20.1. The van der Waals surface area contributed by atoms with Crippen LogP contribution in [0.1, 0.15) is 36.6 Å². The molecule has 0 N–H and O–H groups in total. The number of carbonyl (C=O) groups is 1. The van der Waals surface area contributed by atoms with Gasteiger partial charge in [-0.25, -0.2) is 4.98 Å². The van der Waals surface area contributed by atoms with Crippen molar-refractivity contribution in [1.29, 1.82) is 0 Å². The molecule has 3 heterocycles. The van der Waals surface area contributed by atoms with Crippen molar-refractivity contribution >= 4 is 5.91 Å². The molecule has 0 saturated carbocycles. The molecule has 0 spiro atoms. The quantitative estimate of drug-likeness (QED) is 0.722. The number of benzene rings is 1. The van der Waals surface area contributed by atoms with Crippen LogP contribution < -0.4 is 0 Å². The lowest BCUT2D eigenvalue weighted by Gasteiger charge is -2.33. The molecule has 1 amide bonds. The zero-order valence-electron chi connectivity index (χ0n) is 17.4. The van der Waals surface area contributed by atoms with Crippen LogP contribution in [0.15, 0.2) is 42.7 Å². The average molecular weight is 397 g/mol. The second kappa shape index (κ2) is 9.55. The van der Waals surface area contributed by atoms with Crippen molar-refractivity contribution in [3.8, 4) is 0 Å². The number of hydrogen-bond donors (Lipinski definition) is 0. The lowest BCUT2D eigenvalue weighted by atomic mass is 9.94. The fraction of sp³-hybridized carbons (Fsp3) is 0.565. The van der Waals surface area contributed by atoms with Gasteiger partial charge in [0.05, 0.1) is 12.5 Å². The number of methoxy groups -OCH3 is 1. The molecule has 2 aliphatic rings. The van der Waals surface area contributed by atoms with Crippen LogP contribution in [0.3, 0.4) is 0 Å². The van der Waals surface area contributed by atoms with E-state index in [9.17, 15) is 4.79 Å². The Kier molecular flexibility index (Phi) is 6.62. The minimum atomic E-state index is 0.156. The minimum absolute atomic E-state index is 0.156. The maximum absolute atomic E-state index is 13.0. The second-order valence-corrected chi connectivity index (χ2v) is 8.28. The first-order valence-electron chi connectivity index (χ1n) is 10.8. The number of ether oxygens (including phenoxy) is 1. The number of rotatable bonds is 7. The topological polar surface area (TPSA) is 50.6 Å². The van der Waals surface area contributed by atoms with Crippen molar-refractivity contribution in [1.82, 2.24) is 19.4 Å².